The van der Waals surface area contributed by atoms with E-state index in [4.69, 9.17) is 10.5 Å². The van der Waals surface area contributed by atoms with Crippen LogP contribution in [-0.2, 0) is 0 Å². The number of nitrogens with one attached hydrogen (secondary N) is 1. The second-order valence-corrected chi connectivity index (χ2v) is 6.03. The third-order valence-corrected chi connectivity index (χ3v) is 4.27. The van der Waals surface area contributed by atoms with Crippen molar-refractivity contribution in [3.8, 4) is 5.75 Å². The van der Waals surface area contributed by atoms with Gasteiger partial charge < -0.3 is 20.7 Å². The molecule has 0 spiro atoms. The highest BCUT2D eigenvalue weighted by molar-refractivity contribution is 6.09. The average Bonchev–Trinajstić information content (AvgIpc) is 3.08. The Kier molecular flexibility index (Phi) is 6.60. The number of anilines is 1. The highest BCUT2D eigenvalue weighted by atomic mass is 35.5. The highest BCUT2D eigenvalue weighted by Gasteiger charge is 2.26. The minimum Gasteiger partial charge on any atom is -0.497 e. The fourth-order valence-corrected chi connectivity index (χ4v) is 2.86. The Balaban J connectivity index is 0.00000243. The van der Waals surface area contributed by atoms with Crippen molar-refractivity contribution in [1.29, 1.82) is 0 Å². The zero-order valence-electron chi connectivity index (χ0n) is 14.5. The van der Waals surface area contributed by atoms with Crippen LogP contribution in [0.25, 0.3) is 0 Å². The number of methoxy groups -OCH3 is 1. The molecule has 0 unspecified atom stereocenters. The molecule has 1 heterocycles. The number of carbonyl (C=O) groups excluding carboxylic acids is 2. The number of benzene rings is 2. The zero-order chi connectivity index (χ0) is 17.8. The molecule has 138 valence electrons. The standard InChI is InChI=1S/C19H21N3O3.ClH/c1-25-15-8-6-13(7-9-15)18(23)21-17-5-3-2-4-16(17)19(24)22-11-10-14(20)12-22;/h2-9,14H,10-12,20H2,1H3,(H,21,23);1H/t14-;/m1./s1. The molecule has 2 aromatic carbocycles. The maximum absolute atomic E-state index is 12.7. The van der Waals surface area contributed by atoms with Gasteiger partial charge in [0.25, 0.3) is 11.8 Å². The van der Waals surface area contributed by atoms with E-state index in [9.17, 15) is 9.59 Å². The van der Waals surface area contributed by atoms with Crippen LogP contribution in [0.2, 0.25) is 0 Å². The largest absolute Gasteiger partial charge is 0.497 e. The van der Waals surface area contributed by atoms with Crippen LogP contribution in [0.3, 0.4) is 0 Å². The molecule has 1 aliphatic heterocycles. The number of rotatable bonds is 4. The molecule has 3 N–H and O–H groups in total. The third kappa shape index (κ3) is 4.33. The second kappa shape index (κ2) is 8.69. The van der Waals surface area contributed by atoms with E-state index in [-0.39, 0.29) is 30.3 Å². The predicted octanol–water partition coefficient (Wildman–Crippen LogP) is 2.54. The smallest absolute Gasteiger partial charge is 0.256 e. The molecule has 1 saturated heterocycles. The molecule has 1 atom stereocenters. The molecule has 7 heteroatoms. The Labute approximate surface area is 158 Å². The number of para-hydroxylation sites is 1. The molecule has 0 aromatic heterocycles. The van der Waals surface area contributed by atoms with E-state index in [1.807, 2.05) is 0 Å². The molecular weight excluding hydrogens is 354 g/mol. The molecule has 0 saturated carbocycles. The minimum absolute atomic E-state index is 0. The number of nitrogens with two attached hydrogens (primary N) is 1. The molecule has 0 bridgehead atoms. The van der Waals surface area contributed by atoms with E-state index in [1.165, 1.54) is 0 Å². The zero-order valence-corrected chi connectivity index (χ0v) is 15.3. The Morgan fingerprint density at radius 2 is 1.85 bits per heavy atom. The number of hydrogen-bond acceptors (Lipinski definition) is 4. The highest BCUT2D eigenvalue weighted by Crippen LogP contribution is 2.21. The van der Waals surface area contributed by atoms with Gasteiger partial charge in [0.1, 0.15) is 5.75 Å². The number of halogens is 1. The third-order valence-electron chi connectivity index (χ3n) is 4.27. The lowest BCUT2D eigenvalue weighted by molar-refractivity contribution is 0.0792. The Morgan fingerprint density at radius 1 is 1.15 bits per heavy atom. The van der Waals surface area contributed by atoms with Crippen molar-refractivity contribution in [3.05, 3.63) is 59.7 Å². The van der Waals surface area contributed by atoms with Crippen molar-refractivity contribution in [3.63, 3.8) is 0 Å². The Hall–Kier alpha value is -2.57. The fraction of sp³-hybridized carbons (Fsp3) is 0.263. The topological polar surface area (TPSA) is 84.7 Å². The van der Waals surface area contributed by atoms with Gasteiger partial charge in [0.15, 0.2) is 0 Å². The Bertz CT molecular complexity index is 780. The Morgan fingerprint density at radius 3 is 2.46 bits per heavy atom. The van der Waals surface area contributed by atoms with Gasteiger partial charge in [0, 0.05) is 24.7 Å². The van der Waals surface area contributed by atoms with E-state index < -0.39 is 0 Å². The maximum atomic E-state index is 12.7. The van der Waals surface area contributed by atoms with Gasteiger partial charge in [0.05, 0.1) is 18.4 Å². The number of nitrogens with zero attached hydrogens (tertiary/aromatic N) is 1. The van der Waals surface area contributed by atoms with Gasteiger partial charge in [-0.1, -0.05) is 12.1 Å². The van der Waals surface area contributed by atoms with E-state index in [0.717, 1.165) is 6.42 Å². The van der Waals surface area contributed by atoms with Crippen LogP contribution < -0.4 is 15.8 Å². The number of carbonyl (C=O) groups is 2. The summed E-state index contributed by atoms with van der Waals surface area (Å²) in [5.41, 5.74) is 7.34. The maximum Gasteiger partial charge on any atom is 0.256 e. The summed E-state index contributed by atoms with van der Waals surface area (Å²) in [6, 6.07) is 13.8. The average molecular weight is 376 g/mol. The van der Waals surface area contributed by atoms with Gasteiger partial charge in [-0.2, -0.15) is 0 Å². The summed E-state index contributed by atoms with van der Waals surface area (Å²) >= 11 is 0. The monoisotopic (exact) mass is 375 g/mol. The van der Waals surface area contributed by atoms with Gasteiger partial charge in [-0.05, 0) is 42.8 Å². The summed E-state index contributed by atoms with van der Waals surface area (Å²) in [5, 5.41) is 2.82. The van der Waals surface area contributed by atoms with Crippen LogP contribution in [0.15, 0.2) is 48.5 Å². The van der Waals surface area contributed by atoms with Gasteiger partial charge in [0.2, 0.25) is 0 Å². The second-order valence-electron chi connectivity index (χ2n) is 6.03. The van der Waals surface area contributed by atoms with Gasteiger partial charge in [-0.15, -0.1) is 12.4 Å². The molecule has 0 aliphatic carbocycles. The van der Waals surface area contributed by atoms with Crippen molar-refractivity contribution >= 4 is 29.9 Å². The van der Waals surface area contributed by atoms with E-state index in [2.05, 4.69) is 5.32 Å². The first-order valence-electron chi connectivity index (χ1n) is 8.18. The molecule has 1 aliphatic rings. The van der Waals surface area contributed by atoms with Crippen molar-refractivity contribution < 1.29 is 14.3 Å². The van der Waals surface area contributed by atoms with Crippen molar-refractivity contribution in [2.75, 3.05) is 25.5 Å². The molecule has 3 rings (SSSR count). The van der Waals surface area contributed by atoms with Crippen molar-refractivity contribution in [2.24, 2.45) is 5.73 Å². The summed E-state index contributed by atoms with van der Waals surface area (Å²) in [4.78, 5) is 26.9. The number of amides is 2. The first-order valence-corrected chi connectivity index (χ1v) is 8.18. The number of hydrogen-bond donors (Lipinski definition) is 2. The number of ether oxygens (including phenoxy) is 1. The van der Waals surface area contributed by atoms with Crippen molar-refractivity contribution in [2.45, 2.75) is 12.5 Å². The molecule has 0 radical (unpaired) electrons. The lowest BCUT2D eigenvalue weighted by atomic mass is 10.1. The molecule has 1 fully saturated rings. The van der Waals surface area contributed by atoms with Crippen LogP contribution in [0.1, 0.15) is 27.1 Å². The quantitative estimate of drug-likeness (QED) is 0.860. The van der Waals surface area contributed by atoms with Crippen LogP contribution in [0.5, 0.6) is 5.75 Å². The summed E-state index contributed by atoms with van der Waals surface area (Å²) in [6.07, 6.45) is 0.798. The summed E-state index contributed by atoms with van der Waals surface area (Å²) in [6.45, 7) is 1.18. The van der Waals surface area contributed by atoms with Crippen molar-refractivity contribution in [1.82, 2.24) is 4.90 Å². The molecular formula is C19H22ClN3O3. The predicted molar refractivity (Wildman–Crippen MR) is 103 cm³/mol. The summed E-state index contributed by atoms with van der Waals surface area (Å²) in [7, 11) is 1.57. The van der Waals surface area contributed by atoms with E-state index in [1.54, 1.807) is 60.5 Å². The minimum atomic E-state index is -0.277. The van der Waals surface area contributed by atoms with Crippen LogP contribution in [0.4, 0.5) is 5.69 Å². The lowest BCUT2D eigenvalue weighted by Crippen LogP contribution is -2.32. The van der Waals surface area contributed by atoms with Crippen LogP contribution >= 0.6 is 12.4 Å². The summed E-state index contributed by atoms with van der Waals surface area (Å²) < 4.78 is 5.09. The lowest BCUT2D eigenvalue weighted by Gasteiger charge is -2.18. The van der Waals surface area contributed by atoms with Gasteiger partial charge in [-0.25, -0.2) is 0 Å². The molecule has 26 heavy (non-hydrogen) atoms. The van der Waals surface area contributed by atoms with Crippen LogP contribution in [0, 0.1) is 0 Å². The normalized spacial score (nSPS) is 15.9. The molecule has 2 aromatic rings. The van der Waals surface area contributed by atoms with E-state index >= 15 is 0 Å². The molecule has 6 nitrogen and oxygen atoms in total. The SMILES string of the molecule is COc1ccc(C(=O)Nc2ccccc2C(=O)N2CC[C@@H](N)C2)cc1.Cl. The first-order chi connectivity index (χ1) is 12.1. The molecule has 2 amide bonds. The fourth-order valence-electron chi connectivity index (χ4n) is 2.86. The van der Waals surface area contributed by atoms with Crippen LogP contribution in [-0.4, -0.2) is 43.0 Å². The van der Waals surface area contributed by atoms with Gasteiger partial charge in [-0.3, -0.25) is 9.59 Å². The number of likely N-dealkylation sites (tertiary alicyclic amines) is 1. The first kappa shape index (κ1) is 19.8. The summed E-state index contributed by atoms with van der Waals surface area (Å²) in [5.74, 6) is 0.289. The van der Waals surface area contributed by atoms with Gasteiger partial charge >= 0.3 is 0 Å². The van der Waals surface area contributed by atoms with E-state index in [0.29, 0.717) is 35.7 Å².